The van der Waals surface area contributed by atoms with Gasteiger partial charge >= 0.3 is 0 Å². The molecule has 0 aromatic carbocycles. The van der Waals surface area contributed by atoms with Gasteiger partial charge in [-0.25, -0.2) is 0 Å². The van der Waals surface area contributed by atoms with Crippen molar-refractivity contribution in [3.63, 3.8) is 0 Å². The van der Waals surface area contributed by atoms with Crippen LogP contribution in [0.4, 0.5) is 0 Å². The van der Waals surface area contributed by atoms with Gasteiger partial charge in [0.2, 0.25) is 0 Å². The van der Waals surface area contributed by atoms with E-state index in [0.29, 0.717) is 12.1 Å². The quantitative estimate of drug-likeness (QED) is 0.320. The summed E-state index contributed by atoms with van der Waals surface area (Å²) in [5.41, 5.74) is 0. The number of hydrogen-bond donors (Lipinski definition) is 7. The molecule has 2 aliphatic heterocycles. The van der Waals surface area contributed by atoms with Crippen molar-refractivity contribution < 1.29 is 0 Å². The van der Waals surface area contributed by atoms with Gasteiger partial charge in [-0.15, -0.1) is 0 Å². The van der Waals surface area contributed by atoms with Gasteiger partial charge in [-0.05, 0) is 111 Å². The zero-order chi connectivity index (χ0) is 18.8. The molecule has 2 fully saturated rings. The van der Waals surface area contributed by atoms with Gasteiger partial charge in [0.05, 0.1) is 0 Å². The van der Waals surface area contributed by atoms with Crippen LogP contribution in [-0.4, -0.2) is 90.6 Å². The summed E-state index contributed by atoms with van der Waals surface area (Å²) < 4.78 is 0. The van der Waals surface area contributed by atoms with E-state index >= 15 is 0 Å². The van der Waals surface area contributed by atoms with Crippen LogP contribution in [0.2, 0.25) is 0 Å². The molecule has 7 nitrogen and oxygen atoms in total. The Bertz CT molecular complexity index is 301. The fourth-order valence-electron chi connectivity index (χ4n) is 3.83. The second-order valence-electron chi connectivity index (χ2n) is 7.88. The predicted molar refractivity (Wildman–Crippen MR) is 116 cm³/mol. The van der Waals surface area contributed by atoms with E-state index in [9.17, 15) is 0 Å². The molecule has 27 heavy (non-hydrogen) atoms. The second-order valence-corrected chi connectivity index (χ2v) is 7.88. The van der Waals surface area contributed by atoms with Crippen LogP contribution in [0.5, 0.6) is 0 Å². The lowest BCUT2D eigenvalue weighted by molar-refractivity contribution is 0.329. The molecule has 0 aromatic heterocycles. The largest absolute Gasteiger partial charge is 0.317 e. The first-order valence-electron chi connectivity index (χ1n) is 11.5. The molecule has 2 unspecified atom stereocenters. The van der Waals surface area contributed by atoms with Crippen molar-refractivity contribution >= 4 is 0 Å². The predicted octanol–water partition coefficient (Wildman–Crippen LogP) is -0.781. The molecule has 160 valence electrons. The zero-order valence-electron chi connectivity index (χ0n) is 17.4. The molecule has 0 amide bonds. The van der Waals surface area contributed by atoms with Crippen molar-refractivity contribution in [1.82, 2.24) is 37.2 Å². The molecule has 0 aliphatic carbocycles. The Morgan fingerprint density at radius 3 is 1.33 bits per heavy atom. The maximum absolute atomic E-state index is 3.85. The summed E-state index contributed by atoms with van der Waals surface area (Å²) in [5.74, 6) is 0. The lowest BCUT2D eigenvalue weighted by atomic mass is 10.0. The van der Waals surface area contributed by atoms with Gasteiger partial charge in [-0.1, -0.05) is 0 Å². The summed E-state index contributed by atoms with van der Waals surface area (Å²) in [5, 5.41) is 25.7. The Morgan fingerprint density at radius 1 is 0.370 bits per heavy atom. The first-order valence-corrected chi connectivity index (χ1v) is 11.5. The van der Waals surface area contributed by atoms with Gasteiger partial charge in [0, 0.05) is 18.6 Å². The molecule has 0 bridgehead atoms. The maximum Gasteiger partial charge on any atom is 0.0347 e. The van der Waals surface area contributed by atoms with Crippen molar-refractivity contribution in [2.75, 3.05) is 78.5 Å². The molecule has 0 spiro atoms. The van der Waals surface area contributed by atoms with E-state index in [1.807, 2.05) is 0 Å². The highest BCUT2D eigenvalue weighted by Gasteiger charge is 2.20. The second kappa shape index (κ2) is 16.7. The van der Waals surface area contributed by atoms with Gasteiger partial charge in [-0.3, -0.25) is 0 Å². The summed E-state index contributed by atoms with van der Waals surface area (Å²) >= 11 is 0. The molecule has 2 heterocycles. The van der Waals surface area contributed by atoms with Gasteiger partial charge in [0.15, 0.2) is 0 Å². The number of rotatable bonds is 1. The molecule has 2 saturated heterocycles. The molecule has 0 aromatic rings. The number of nitrogens with one attached hydrogen (secondary N) is 7. The van der Waals surface area contributed by atoms with E-state index in [0.717, 1.165) is 78.5 Å². The Balaban J connectivity index is 1.82. The van der Waals surface area contributed by atoms with Crippen LogP contribution < -0.4 is 37.2 Å². The maximum atomic E-state index is 3.85. The van der Waals surface area contributed by atoms with Crippen molar-refractivity contribution in [2.24, 2.45) is 0 Å². The van der Waals surface area contributed by atoms with E-state index in [1.165, 1.54) is 38.5 Å². The van der Waals surface area contributed by atoms with E-state index < -0.39 is 0 Å². The minimum atomic E-state index is 0.487. The summed E-state index contributed by atoms with van der Waals surface area (Å²) in [6, 6.07) is 1.01. The lowest BCUT2D eigenvalue weighted by Gasteiger charge is -2.30. The standard InChI is InChI=1S/C20H45N7/c1-7-21-10-3-14-25-18-20(27-16-5-13-22-8-1)19-6-17-24-11-2-9-23-12-4-15-26-19/h19-27H,1-18H2. The first kappa shape index (κ1) is 23.0. The Kier molecular flexibility index (Phi) is 14.2. The fourth-order valence-corrected chi connectivity index (χ4v) is 3.83. The monoisotopic (exact) mass is 383 g/mol. The summed E-state index contributed by atoms with van der Waals surface area (Å²) in [7, 11) is 0. The first-order chi connectivity index (χ1) is 13.5. The molecule has 2 rings (SSSR count). The van der Waals surface area contributed by atoms with Crippen LogP contribution in [-0.2, 0) is 0 Å². The normalized spacial score (nSPS) is 30.2. The van der Waals surface area contributed by atoms with Crippen LogP contribution >= 0.6 is 0 Å². The van der Waals surface area contributed by atoms with Gasteiger partial charge in [0.25, 0.3) is 0 Å². The lowest BCUT2D eigenvalue weighted by Crippen LogP contribution is -2.54. The average molecular weight is 384 g/mol. The highest BCUT2D eigenvalue weighted by molar-refractivity contribution is 4.85. The highest BCUT2D eigenvalue weighted by atomic mass is 15.1. The van der Waals surface area contributed by atoms with Gasteiger partial charge in [-0.2, -0.15) is 0 Å². The third-order valence-corrected chi connectivity index (χ3v) is 5.48. The highest BCUT2D eigenvalue weighted by Crippen LogP contribution is 2.01. The molecule has 7 N–H and O–H groups in total. The number of hydrogen-bond acceptors (Lipinski definition) is 7. The van der Waals surface area contributed by atoms with Crippen LogP contribution in [0.15, 0.2) is 0 Å². The van der Waals surface area contributed by atoms with Crippen molar-refractivity contribution in [1.29, 1.82) is 0 Å². The van der Waals surface area contributed by atoms with Crippen molar-refractivity contribution in [3.05, 3.63) is 0 Å². The van der Waals surface area contributed by atoms with E-state index in [2.05, 4.69) is 37.2 Å². The van der Waals surface area contributed by atoms with Crippen LogP contribution in [0.25, 0.3) is 0 Å². The van der Waals surface area contributed by atoms with Crippen molar-refractivity contribution in [3.8, 4) is 0 Å². The SMILES string of the molecule is C1CNCCCNCC(C2CCNCCCNCCCN2)NCCCNC1. The average Bonchev–Trinajstić information content (AvgIpc) is 2.68. The van der Waals surface area contributed by atoms with Gasteiger partial charge in [0.1, 0.15) is 0 Å². The molecule has 2 aliphatic rings. The minimum Gasteiger partial charge on any atom is -0.317 e. The summed E-state index contributed by atoms with van der Waals surface area (Å²) in [6.07, 6.45) is 7.23. The minimum absolute atomic E-state index is 0.487. The molecular formula is C20H45N7. The van der Waals surface area contributed by atoms with Gasteiger partial charge < -0.3 is 37.2 Å². The molecule has 0 saturated carbocycles. The molecule has 2 atom stereocenters. The third-order valence-electron chi connectivity index (χ3n) is 5.48. The Labute approximate surface area is 167 Å². The van der Waals surface area contributed by atoms with Crippen LogP contribution in [0, 0.1) is 0 Å². The smallest absolute Gasteiger partial charge is 0.0347 e. The Hall–Kier alpha value is -0.280. The molecule has 7 heteroatoms. The molecular weight excluding hydrogens is 338 g/mol. The van der Waals surface area contributed by atoms with E-state index in [-0.39, 0.29) is 0 Å². The fraction of sp³-hybridized carbons (Fsp3) is 1.00. The van der Waals surface area contributed by atoms with E-state index in [1.54, 1.807) is 0 Å². The Morgan fingerprint density at radius 2 is 0.778 bits per heavy atom. The third kappa shape index (κ3) is 12.0. The summed E-state index contributed by atoms with van der Waals surface area (Å²) in [4.78, 5) is 0. The summed E-state index contributed by atoms with van der Waals surface area (Å²) in [6.45, 7) is 13.3. The molecule has 0 radical (unpaired) electrons. The topological polar surface area (TPSA) is 84.2 Å². The van der Waals surface area contributed by atoms with Crippen LogP contribution in [0.1, 0.15) is 38.5 Å². The van der Waals surface area contributed by atoms with Crippen molar-refractivity contribution in [2.45, 2.75) is 50.6 Å². The van der Waals surface area contributed by atoms with Crippen LogP contribution in [0.3, 0.4) is 0 Å². The zero-order valence-corrected chi connectivity index (χ0v) is 17.4. The van der Waals surface area contributed by atoms with E-state index in [4.69, 9.17) is 0 Å².